The van der Waals surface area contributed by atoms with E-state index in [4.69, 9.17) is 4.74 Å². The number of rotatable bonds is 6. The molecule has 0 aliphatic heterocycles. The van der Waals surface area contributed by atoms with Crippen LogP contribution in [-0.4, -0.2) is 32.1 Å². The lowest BCUT2D eigenvalue weighted by Crippen LogP contribution is -2.36. The zero-order chi connectivity index (χ0) is 27.4. The quantitative estimate of drug-likeness (QED) is 0.286. The monoisotopic (exact) mass is 533 g/mol. The third kappa shape index (κ3) is 6.51. The average molecular weight is 534 g/mol. The number of benzene rings is 1. The van der Waals surface area contributed by atoms with E-state index in [0.717, 1.165) is 60.5 Å². The Labute approximate surface area is 223 Å². The number of hydrogen-bond donors (Lipinski definition) is 2. The number of hydrogen-bond acceptors (Lipinski definition) is 5. The van der Waals surface area contributed by atoms with E-state index in [1.54, 1.807) is 24.5 Å². The van der Waals surface area contributed by atoms with Gasteiger partial charge in [0.2, 0.25) is 5.88 Å². The molecule has 1 saturated carbocycles. The molecular weight excluding hydrogens is 507 g/mol. The van der Waals surface area contributed by atoms with Crippen molar-refractivity contribution in [3.05, 3.63) is 95.1 Å². The molecule has 5 rings (SSSR count). The number of amides is 1. The summed E-state index contributed by atoms with van der Waals surface area (Å²) in [6.45, 7) is 1.89. The van der Waals surface area contributed by atoms with Gasteiger partial charge in [-0.2, -0.15) is 18.3 Å². The number of H-pyrrole nitrogens is 1. The van der Waals surface area contributed by atoms with E-state index in [2.05, 4.69) is 31.6 Å². The first-order valence-corrected chi connectivity index (χ1v) is 12.5. The second kappa shape index (κ2) is 11.1. The van der Waals surface area contributed by atoms with Crippen molar-refractivity contribution in [2.45, 2.75) is 44.8 Å². The molecule has 0 atom stereocenters. The first-order chi connectivity index (χ1) is 18.7. The summed E-state index contributed by atoms with van der Waals surface area (Å²) in [6, 6.07) is 13.1. The summed E-state index contributed by atoms with van der Waals surface area (Å²) in [4.78, 5) is 20.9. The molecule has 0 unspecified atom stereocenters. The van der Waals surface area contributed by atoms with Gasteiger partial charge in [0.15, 0.2) is 0 Å². The van der Waals surface area contributed by atoms with E-state index in [0.29, 0.717) is 11.3 Å². The number of aryl methyl sites for hydroxylation is 1. The third-order valence-corrected chi connectivity index (χ3v) is 6.61. The predicted octanol–water partition coefficient (Wildman–Crippen LogP) is 6.74. The van der Waals surface area contributed by atoms with Crippen LogP contribution in [0.3, 0.4) is 0 Å². The Kier molecular flexibility index (Phi) is 7.44. The van der Waals surface area contributed by atoms with E-state index in [9.17, 15) is 18.0 Å². The van der Waals surface area contributed by atoms with Crippen molar-refractivity contribution in [2.75, 3.05) is 0 Å². The summed E-state index contributed by atoms with van der Waals surface area (Å²) in [5.74, 6) is 0.433. The molecule has 4 aromatic rings. The number of aromatic nitrogens is 4. The minimum atomic E-state index is -4.44. The molecule has 1 aliphatic carbocycles. The number of pyridine rings is 2. The molecule has 1 amide bonds. The number of halogens is 3. The lowest BCUT2D eigenvalue weighted by Gasteiger charge is -2.25. The van der Waals surface area contributed by atoms with Crippen LogP contribution in [-0.2, 0) is 6.18 Å². The van der Waals surface area contributed by atoms with Gasteiger partial charge in [0, 0.05) is 36.3 Å². The van der Waals surface area contributed by atoms with E-state index in [-0.39, 0.29) is 17.8 Å². The second-order valence-corrected chi connectivity index (χ2v) is 9.42. The van der Waals surface area contributed by atoms with Crippen molar-refractivity contribution in [3.8, 4) is 22.9 Å². The summed E-state index contributed by atoms with van der Waals surface area (Å²) < 4.78 is 43.9. The second-order valence-electron chi connectivity index (χ2n) is 9.42. The zero-order valence-corrected chi connectivity index (χ0v) is 21.1. The van der Waals surface area contributed by atoms with Crippen LogP contribution < -0.4 is 10.1 Å². The lowest BCUT2D eigenvalue weighted by molar-refractivity contribution is -0.137. The largest absolute Gasteiger partial charge is 0.439 e. The number of nitrogens with zero attached hydrogens (tertiary/aromatic N) is 3. The molecule has 0 spiro atoms. The highest BCUT2D eigenvalue weighted by atomic mass is 19.4. The van der Waals surface area contributed by atoms with Crippen molar-refractivity contribution >= 4 is 12.0 Å². The highest BCUT2D eigenvalue weighted by molar-refractivity contribution is 5.94. The van der Waals surface area contributed by atoms with Crippen molar-refractivity contribution < 1.29 is 22.7 Å². The molecule has 3 aromatic heterocycles. The molecule has 3 heterocycles. The van der Waals surface area contributed by atoms with E-state index in [1.165, 1.54) is 11.6 Å². The van der Waals surface area contributed by atoms with Gasteiger partial charge in [-0.3, -0.25) is 14.9 Å². The number of nitrogens with one attached hydrogen (secondary N) is 2. The van der Waals surface area contributed by atoms with Gasteiger partial charge >= 0.3 is 6.18 Å². The minimum absolute atomic E-state index is 0.0749. The van der Waals surface area contributed by atoms with Gasteiger partial charge in [-0.15, -0.1) is 0 Å². The van der Waals surface area contributed by atoms with Crippen LogP contribution in [0.2, 0.25) is 0 Å². The number of ether oxygens (including phenoxy) is 1. The van der Waals surface area contributed by atoms with Crippen LogP contribution in [0.5, 0.6) is 11.6 Å². The van der Waals surface area contributed by atoms with Crippen LogP contribution in [0.4, 0.5) is 13.2 Å². The minimum Gasteiger partial charge on any atom is -0.439 e. The molecular formula is C29H26F3N5O2. The zero-order valence-electron chi connectivity index (χ0n) is 21.1. The molecule has 1 aliphatic rings. The van der Waals surface area contributed by atoms with Crippen LogP contribution in [0.1, 0.15) is 52.9 Å². The smallest absolute Gasteiger partial charge is 0.417 e. The number of allylic oxidation sites excluding steroid dienone is 1. The molecule has 0 bridgehead atoms. The number of carbonyl (C=O) groups excluding carboxylic acids is 1. The Bertz CT molecular complexity index is 1470. The van der Waals surface area contributed by atoms with E-state index in [1.807, 2.05) is 31.2 Å². The van der Waals surface area contributed by atoms with Gasteiger partial charge in [0.05, 0.1) is 22.5 Å². The Hall–Kier alpha value is -4.47. The Morgan fingerprint density at radius 3 is 2.54 bits per heavy atom. The summed E-state index contributed by atoms with van der Waals surface area (Å²) >= 11 is 0. The first-order valence-electron chi connectivity index (χ1n) is 12.5. The standard InChI is InChI=1S/C29H26F3N5O2/c1-18-25(17-35-37-18)26-11-7-21(15-33-26)28(38)36-23-9-5-19(6-10-23)13-20-3-2-4-24(14-20)39-27-12-8-22(16-34-27)29(30,31)32/h2-4,7-8,11-17,23H,5-6,9-10H2,1H3,(H,35,37)(H,36,38). The fraction of sp³-hybridized carbons (Fsp3) is 0.241. The number of alkyl halides is 3. The molecule has 7 nitrogen and oxygen atoms in total. The van der Waals surface area contributed by atoms with Gasteiger partial charge in [-0.25, -0.2) is 4.98 Å². The maximum atomic E-state index is 12.7. The van der Waals surface area contributed by atoms with E-state index < -0.39 is 11.7 Å². The highest BCUT2D eigenvalue weighted by Crippen LogP contribution is 2.31. The average Bonchev–Trinajstić information content (AvgIpc) is 3.35. The molecule has 2 N–H and O–H groups in total. The van der Waals surface area contributed by atoms with Crippen molar-refractivity contribution in [3.63, 3.8) is 0 Å². The van der Waals surface area contributed by atoms with Crippen molar-refractivity contribution in [1.29, 1.82) is 0 Å². The van der Waals surface area contributed by atoms with E-state index >= 15 is 0 Å². The van der Waals surface area contributed by atoms with Gasteiger partial charge in [-0.1, -0.05) is 23.8 Å². The first kappa shape index (κ1) is 26.1. The van der Waals surface area contributed by atoms with Gasteiger partial charge < -0.3 is 10.1 Å². The lowest BCUT2D eigenvalue weighted by atomic mass is 9.89. The fourth-order valence-electron chi connectivity index (χ4n) is 4.48. The number of carbonyl (C=O) groups is 1. The molecule has 0 saturated heterocycles. The topological polar surface area (TPSA) is 92.8 Å². The summed E-state index contributed by atoms with van der Waals surface area (Å²) in [5, 5.41) is 10.0. The molecule has 10 heteroatoms. The highest BCUT2D eigenvalue weighted by Gasteiger charge is 2.30. The molecule has 0 radical (unpaired) electrons. The van der Waals surface area contributed by atoms with Crippen LogP contribution in [0, 0.1) is 6.92 Å². The summed E-state index contributed by atoms with van der Waals surface area (Å²) in [6.07, 6.45) is 5.10. The fourth-order valence-corrected chi connectivity index (χ4v) is 4.48. The Morgan fingerprint density at radius 2 is 1.90 bits per heavy atom. The molecule has 200 valence electrons. The molecule has 39 heavy (non-hydrogen) atoms. The summed E-state index contributed by atoms with van der Waals surface area (Å²) in [5.41, 5.74) is 4.39. The van der Waals surface area contributed by atoms with Crippen LogP contribution >= 0.6 is 0 Å². The third-order valence-electron chi connectivity index (χ3n) is 6.61. The SMILES string of the molecule is Cc1n[nH]cc1-c1ccc(C(=O)NC2CCC(=Cc3cccc(Oc4ccc(C(F)(F)F)cn4)c3)CC2)cn1. The van der Waals surface area contributed by atoms with Crippen molar-refractivity contribution in [2.24, 2.45) is 0 Å². The van der Waals surface area contributed by atoms with Crippen LogP contribution in [0.15, 0.2) is 72.7 Å². The van der Waals surface area contributed by atoms with Crippen LogP contribution in [0.25, 0.3) is 17.3 Å². The maximum Gasteiger partial charge on any atom is 0.417 e. The van der Waals surface area contributed by atoms with Gasteiger partial charge in [-0.05, 0) is 68.5 Å². The predicted molar refractivity (Wildman–Crippen MR) is 140 cm³/mol. The summed E-state index contributed by atoms with van der Waals surface area (Å²) in [7, 11) is 0. The van der Waals surface area contributed by atoms with Gasteiger partial charge in [0.25, 0.3) is 5.91 Å². The van der Waals surface area contributed by atoms with Crippen molar-refractivity contribution in [1.82, 2.24) is 25.5 Å². The molecule has 1 aromatic carbocycles. The number of aromatic amines is 1. The normalized spacial score (nSPS) is 15.6. The molecule has 1 fully saturated rings. The maximum absolute atomic E-state index is 12.7. The van der Waals surface area contributed by atoms with Gasteiger partial charge in [0.1, 0.15) is 5.75 Å². The Morgan fingerprint density at radius 1 is 1.08 bits per heavy atom. The Balaban J connectivity index is 1.14.